The average molecular weight is 292 g/mol. The van der Waals surface area contributed by atoms with Gasteiger partial charge in [0, 0.05) is 13.2 Å². The van der Waals surface area contributed by atoms with E-state index in [1.165, 1.54) is 14.0 Å². The van der Waals surface area contributed by atoms with E-state index >= 15 is 0 Å². The second-order valence-electron chi connectivity index (χ2n) is 3.85. The lowest BCUT2D eigenvalue weighted by Gasteiger charge is -2.12. The van der Waals surface area contributed by atoms with E-state index in [4.69, 9.17) is 4.74 Å². The molecule has 20 heavy (non-hydrogen) atoms. The summed E-state index contributed by atoms with van der Waals surface area (Å²) in [5.41, 5.74) is -2.32. The molecule has 0 radical (unpaired) electrons. The van der Waals surface area contributed by atoms with Crippen molar-refractivity contribution in [2.24, 2.45) is 0 Å². The van der Waals surface area contributed by atoms with Gasteiger partial charge < -0.3 is 10.1 Å². The molecule has 6 nitrogen and oxygen atoms in total. The molecule has 0 fully saturated rings. The number of rotatable bonds is 4. The van der Waals surface area contributed by atoms with Gasteiger partial charge in [-0.15, -0.1) is 0 Å². The molecule has 0 bridgehead atoms. The van der Waals surface area contributed by atoms with Gasteiger partial charge in [0.25, 0.3) is 11.6 Å². The van der Waals surface area contributed by atoms with Crippen molar-refractivity contribution < 1.29 is 27.6 Å². The van der Waals surface area contributed by atoms with Gasteiger partial charge in [0.2, 0.25) is 0 Å². The normalized spacial score (nSPS) is 12.8. The fraction of sp³-hybridized carbons (Fsp3) is 0.364. The number of carbonyl (C=O) groups excluding carboxylic acids is 1. The zero-order chi connectivity index (χ0) is 15.5. The SMILES string of the molecule is COC(C)C(=O)Nc1ccc(C(F)(F)F)cc1[N+](=O)[O-]. The summed E-state index contributed by atoms with van der Waals surface area (Å²) < 4.78 is 42.1. The number of nitrogens with one attached hydrogen (secondary N) is 1. The summed E-state index contributed by atoms with van der Waals surface area (Å²) in [5, 5.41) is 12.9. The highest BCUT2D eigenvalue weighted by Gasteiger charge is 2.33. The van der Waals surface area contributed by atoms with Crippen molar-refractivity contribution >= 4 is 17.3 Å². The van der Waals surface area contributed by atoms with Crippen LogP contribution in [-0.2, 0) is 15.7 Å². The van der Waals surface area contributed by atoms with Crippen molar-refractivity contribution in [1.82, 2.24) is 0 Å². The molecule has 1 amide bonds. The van der Waals surface area contributed by atoms with Gasteiger partial charge in [0.1, 0.15) is 11.8 Å². The zero-order valence-electron chi connectivity index (χ0n) is 10.5. The number of carbonyl (C=O) groups is 1. The van der Waals surface area contributed by atoms with E-state index in [0.29, 0.717) is 12.1 Å². The zero-order valence-corrected chi connectivity index (χ0v) is 10.5. The molecule has 1 N–H and O–H groups in total. The second kappa shape index (κ2) is 5.87. The Bertz CT molecular complexity index is 531. The molecular weight excluding hydrogens is 281 g/mol. The van der Waals surface area contributed by atoms with Gasteiger partial charge in [0.05, 0.1) is 10.5 Å². The molecule has 110 valence electrons. The number of hydrogen-bond donors (Lipinski definition) is 1. The van der Waals surface area contributed by atoms with Crippen LogP contribution in [0.2, 0.25) is 0 Å². The first-order chi connectivity index (χ1) is 9.16. The minimum atomic E-state index is -4.70. The summed E-state index contributed by atoms with van der Waals surface area (Å²) in [6, 6.07) is 1.86. The van der Waals surface area contributed by atoms with E-state index in [-0.39, 0.29) is 5.69 Å². The second-order valence-corrected chi connectivity index (χ2v) is 3.85. The fourth-order valence-corrected chi connectivity index (χ4v) is 1.31. The largest absolute Gasteiger partial charge is 0.416 e. The highest BCUT2D eigenvalue weighted by atomic mass is 19.4. The van der Waals surface area contributed by atoms with Gasteiger partial charge in [-0.1, -0.05) is 0 Å². The average Bonchev–Trinajstić information content (AvgIpc) is 2.36. The summed E-state index contributed by atoms with van der Waals surface area (Å²) in [6.07, 6.45) is -5.59. The summed E-state index contributed by atoms with van der Waals surface area (Å²) in [4.78, 5) is 21.3. The fourth-order valence-electron chi connectivity index (χ4n) is 1.31. The third-order valence-electron chi connectivity index (χ3n) is 2.50. The lowest BCUT2D eigenvalue weighted by Crippen LogP contribution is -2.27. The Morgan fingerprint density at radius 3 is 2.50 bits per heavy atom. The first-order valence-electron chi connectivity index (χ1n) is 5.36. The number of amides is 1. The molecule has 0 aliphatic heterocycles. The molecule has 1 aromatic carbocycles. The van der Waals surface area contributed by atoms with E-state index in [2.05, 4.69) is 5.32 Å². The molecule has 1 rings (SSSR count). The minimum absolute atomic E-state index is 0.322. The first-order valence-corrected chi connectivity index (χ1v) is 5.36. The van der Waals surface area contributed by atoms with E-state index in [1.807, 2.05) is 0 Å². The van der Waals surface area contributed by atoms with Crippen molar-refractivity contribution in [2.45, 2.75) is 19.2 Å². The Kier molecular flexibility index (Phi) is 4.66. The van der Waals surface area contributed by atoms with Crippen molar-refractivity contribution in [3.05, 3.63) is 33.9 Å². The van der Waals surface area contributed by atoms with Crippen LogP contribution < -0.4 is 5.32 Å². The molecule has 1 aromatic rings. The Labute approximate surface area is 111 Å². The minimum Gasteiger partial charge on any atom is -0.372 e. The molecule has 1 atom stereocenters. The monoisotopic (exact) mass is 292 g/mol. The third-order valence-corrected chi connectivity index (χ3v) is 2.50. The number of methoxy groups -OCH3 is 1. The van der Waals surface area contributed by atoms with Crippen LogP contribution in [0.25, 0.3) is 0 Å². The summed E-state index contributed by atoms with van der Waals surface area (Å²) >= 11 is 0. The van der Waals surface area contributed by atoms with Crippen LogP contribution in [0.1, 0.15) is 12.5 Å². The number of anilines is 1. The molecule has 0 saturated heterocycles. The van der Waals surface area contributed by atoms with Gasteiger partial charge >= 0.3 is 6.18 Å². The van der Waals surface area contributed by atoms with Crippen molar-refractivity contribution in [3.8, 4) is 0 Å². The Morgan fingerprint density at radius 2 is 2.05 bits per heavy atom. The van der Waals surface area contributed by atoms with Crippen molar-refractivity contribution in [3.63, 3.8) is 0 Å². The maximum absolute atomic E-state index is 12.5. The van der Waals surface area contributed by atoms with Crippen LogP contribution in [0.15, 0.2) is 18.2 Å². The van der Waals surface area contributed by atoms with Crippen molar-refractivity contribution in [2.75, 3.05) is 12.4 Å². The highest BCUT2D eigenvalue weighted by Crippen LogP contribution is 2.34. The quantitative estimate of drug-likeness (QED) is 0.683. The smallest absolute Gasteiger partial charge is 0.372 e. The van der Waals surface area contributed by atoms with Gasteiger partial charge in [0.15, 0.2) is 0 Å². The molecule has 0 spiro atoms. The highest BCUT2D eigenvalue weighted by molar-refractivity contribution is 5.95. The van der Waals surface area contributed by atoms with Gasteiger partial charge in [-0.3, -0.25) is 14.9 Å². The van der Waals surface area contributed by atoms with Gasteiger partial charge in [-0.2, -0.15) is 13.2 Å². The summed E-state index contributed by atoms with van der Waals surface area (Å²) in [5.74, 6) is -0.699. The number of hydrogen-bond acceptors (Lipinski definition) is 4. The number of halogens is 3. The van der Waals surface area contributed by atoms with Gasteiger partial charge in [-0.05, 0) is 19.1 Å². The van der Waals surface area contributed by atoms with Crippen LogP contribution in [0, 0.1) is 10.1 Å². The van der Waals surface area contributed by atoms with Crippen LogP contribution in [0.5, 0.6) is 0 Å². The Hall–Kier alpha value is -2.16. The molecule has 1 unspecified atom stereocenters. The number of nitrogens with zero attached hydrogens (tertiary/aromatic N) is 1. The maximum Gasteiger partial charge on any atom is 0.416 e. The topological polar surface area (TPSA) is 81.5 Å². The first kappa shape index (κ1) is 15.9. The van der Waals surface area contributed by atoms with E-state index in [1.54, 1.807) is 0 Å². The van der Waals surface area contributed by atoms with E-state index < -0.39 is 34.4 Å². The number of benzene rings is 1. The molecular formula is C11H11F3N2O4. The number of alkyl halides is 3. The molecule has 0 aromatic heterocycles. The number of ether oxygens (including phenoxy) is 1. The predicted octanol–water partition coefficient (Wildman–Crippen LogP) is 2.59. The van der Waals surface area contributed by atoms with Crippen LogP contribution in [0.3, 0.4) is 0 Å². The van der Waals surface area contributed by atoms with Gasteiger partial charge in [-0.25, -0.2) is 0 Å². The van der Waals surface area contributed by atoms with E-state index in [0.717, 1.165) is 6.07 Å². The number of nitro benzene ring substituents is 1. The standard InChI is InChI=1S/C11H11F3N2O4/c1-6(20-2)10(17)15-8-4-3-7(11(12,13)14)5-9(8)16(18)19/h3-6H,1-2H3,(H,15,17). The maximum atomic E-state index is 12.5. The molecule has 0 aliphatic rings. The lowest BCUT2D eigenvalue weighted by atomic mass is 10.1. The summed E-state index contributed by atoms with van der Waals surface area (Å²) in [6.45, 7) is 1.39. The third kappa shape index (κ3) is 3.67. The molecule has 0 heterocycles. The van der Waals surface area contributed by atoms with E-state index in [9.17, 15) is 28.1 Å². The van der Waals surface area contributed by atoms with Crippen LogP contribution in [-0.4, -0.2) is 24.0 Å². The van der Waals surface area contributed by atoms with Crippen LogP contribution >= 0.6 is 0 Å². The van der Waals surface area contributed by atoms with Crippen LogP contribution in [0.4, 0.5) is 24.5 Å². The number of nitro groups is 1. The Morgan fingerprint density at radius 1 is 1.45 bits per heavy atom. The molecule has 0 aliphatic carbocycles. The molecule has 0 saturated carbocycles. The molecule has 9 heteroatoms. The lowest BCUT2D eigenvalue weighted by molar-refractivity contribution is -0.384. The Balaban J connectivity index is 3.15. The van der Waals surface area contributed by atoms with Crippen molar-refractivity contribution in [1.29, 1.82) is 0 Å². The predicted molar refractivity (Wildman–Crippen MR) is 63.2 cm³/mol. The summed E-state index contributed by atoms with van der Waals surface area (Å²) in [7, 11) is 1.26.